The summed E-state index contributed by atoms with van der Waals surface area (Å²) in [5, 5.41) is 7.20. The highest BCUT2D eigenvalue weighted by Gasteiger charge is 2.12. The third-order valence-corrected chi connectivity index (χ3v) is 3.96. The Hall–Kier alpha value is -3.22. The number of imidazole rings is 1. The molecule has 0 aliphatic rings. The van der Waals surface area contributed by atoms with Crippen LogP contribution in [0.2, 0.25) is 0 Å². The van der Waals surface area contributed by atoms with E-state index in [-0.39, 0.29) is 0 Å². The van der Waals surface area contributed by atoms with Gasteiger partial charge in [-0.25, -0.2) is 9.97 Å². The van der Waals surface area contributed by atoms with E-state index in [1.54, 1.807) is 13.1 Å². The lowest BCUT2D eigenvalue weighted by Gasteiger charge is -2.09. The van der Waals surface area contributed by atoms with Crippen molar-refractivity contribution in [1.82, 2.24) is 24.7 Å². The van der Waals surface area contributed by atoms with Gasteiger partial charge >= 0.3 is 0 Å². The van der Waals surface area contributed by atoms with Gasteiger partial charge in [-0.3, -0.25) is 0 Å². The molecular weight excluding hydrogens is 316 g/mol. The minimum Gasteiger partial charge on any atom is -0.369 e. The Balaban J connectivity index is 1.41. The van der Waals surface area contributed by atoms with Gasteiger partial charge in [0, 0.05) is 19.3 Å². The Bertz CT molecular complexity index is 990. The van der Waals surface area contributed by atoms with Crippen LogP contribution >= 0.6 is 0 Å². The van der Waals surface area contributed by atoms with Crippen LogP contribution in [-0.2, 0) is 6.54 Å². The smallest absolute Gasteiger partial charge is 0.261 e. The molecule has 3 aromatic heterocycles. The zero-order chi connectivity index (χ0) is 17.1. The van der Waals surface area contributed by atoms with Crippen LogP contribution in [0.3, 0.4) is 0 Å². The highest BCUT2D eigenvalue weighted by atomic mass is 16.5. The highest BCUT2D eigenvalue weighted by molar-refractivity contribution is 5.74. The summed E-state index contributed by atoms with van der Waals surface area (Å²) in [6.45, 7) is 3.46. The molecule has 0 unspecified atom stereocenters. The lowest BCUT2D eigenvalue weighted by molar-refractivity contribution is 0.425. The number of nitrogens with one attached hydrogen (secondary N) is 1. The molecule has 25 heavy (non-hydrogen) atoms. The van der Waals surface area contributed by atoms with E-state index >= 15 is 0 Å². The monoisotopic (exact) mass is 334 g/mol. The van der Waals surface area contributed by atoms with Crippen LogP contribution in [0, 0.1) is 6.92 Å². The summed E-state index contributed by atoms with van der Waals surface area (Å²) in [6, 6.07) is 11.9. The van der Waals surface area contributed by atoms with E-state index in [1.807, 2.05) is 36.7 Å². The summed E-state index contributed by atoms with van der Waals surface area (Å²) in [6.07, 6.45) is 4.58. The standard InChI is InChI=1S/C18H18N6O/c1-13-22-18(25-23-13)14-6-4-9-19-17(14)20-10-5-11-24-12-21-15-7-2-3-8-16(15)24/h2-4,6-9,12H,5,10-11H2,1H3,(H,19,20). The van der Waals surface area contributed by atoms with Crippen LogP contribution in [0.1, 0.15) is 12.2 Å². The zero-order valence-corrected chi connectivity index (χ0v) is 13.9. The van der Waals surface area contributed by atoms with E-state index in [9.17, 15) is 0 Å². The molecule has 0 saturated heterocycles. The molecule has 3 heterocycles. The van der Waals surface area contributed by atoms with Crippen molar-refractivity contribution in [3.05, 3.63) is 54.7 Å². The van der Waals surface area contributed by atoms with Crippen LogP contribution in [-0.4, -0.2) is 31.2 Å². The quantitative estimate of drug-likeness (QED) is 0.545. The summed E-state index contributed by atoms with van der Waals surface area (Å²) in [5.41, 5.74) is 2.99. The molecule has 0 fully saturated rings. The number of hydrogen-bond acceptors (Lipinski definition) is 6. The van der Waals surface area contributed by atoms with Gasteiger partial charge in [0.15, 0.2) is 5.82 Å². The maximum atomic E-state index is 5.25. The summed E-state index contributed by atoms with van der Waals surface area (Å²) < 4.78 is 7.42. The normalized spacial score (nSPS) is 11.1. The van der Waals surface area contributed by atoms with Crippen molar-refractivity contribution in [3.8, 4) is 11.5 Å². The summed E-state index contributed by atoms with van der Waals surface area (Å²) >= 11 is 0. The van der Waals surface area contributed by atoms with Gasteiger partial charge in [0.2, 0.25) is 0 Å². The molecule has 4 aromatic rings. The molecule has 0 spiro atoms. The molecular formula is C18H18N6O. The van der Waals surface area contributed by atoms with Crippen molar-refractivity contribution in [2.75, 3.05) is 11.9 Å². The van der Waals surface area contributed by atoms with E-state index in [0.717, 1.165) is 41.9 Å². The SMILES string of the molecule is Cc1noc(-c2cccnc2NCCCn2cnc3ccccc32)n1. The number of hydrogen-bond donors (Lipinski definition) is 1. The Morgan fingerprint density at radius 2 is 2.04 bits per heavy atom. The fourth-order valence-corrected chi connectivity index (χ4v) is 2.77. The topological polar surface area (TPSA) is 81.7 Å². The molecule has 0 aliphatic heterocycles. The molecule has 0 atom stereocenters. The molecule has 126 valence electrons. The second kappa shape index (κ2) is 6.72. The van der Waals surface area contributed by atoms with E-state index in [0.29, 0.717) is 11.7 Å². The molecule has 0 saturated carbocycles. The van der Waals surface area contributed by atoms with Gasteiger partial charge in [0.1, 0.15) is 5.82 Å². The van der Waals surface area contributed by atoms with E-state index in [1.165, 1.54) is 0 Å². The van der Waals surface area contributed by atoms with Crippen molar-refractivity contribution in [1.29, 1.82) is 0 Å². The average molecular weight is 334 g/mol. The summed E-state index contributed by atoms with van der Waals surface area (Å²) in [4.78, 5) is 13.1. The first-order valence-corrected chi connectivity index (χ1v) is 8.21. The molecule has 1 N–H and O–H groups in total. The first-order valence-electron chi connectivity index (χ1n) is 8.21. The van der Waals surface area contributed by atoms with E-state index in [2.05, 4.69) is 36.1 Å². The number of nitrogens with zero attached hydrogens (tertiary/aromatic N) is 5. The molecule has 0 aliphatic carbocycles. The average Bonchev–Trinajstić information content (AvgIpc) is 3.25. The van der Waals surface area contributed by atoms with Crippen molar-refractivity contribution >= 4 is 16.9 Å². The van der Waals surface area contributed by atoms with Crippen molar-refractivity contribution in [3.63, 3.8) is 0 Å². The number of aryl methyl sites for hydroxylation is 2. The summed E-state index contributed by atoms with van der Waals surface area (Å²) in [5.74, 6) is 1.84. The van der Waals surface area contributed by atoms with Gasteiger partial charge in [-0.05, 0) is 37.6 Å². The van der Waals surface area contributed by atoms with Crippen molar-refractivity contribution in [2.45, 2.75) is 19.9 Å². The number of para-hydroxylation sites is 2. The van der Waals surface area contributed by atoms with Gasteiger partial charge in [0.05, 0.1) is 22.9 Å². The summed E-state index contributed by atoms with van der Waals surface area (Å²) in [7, 11) is 0. The molecule has 7 nitrogen and oxygen atoms in total. The Morgan fingerprint density at radius 3 is 2.92 bits per heavy atom. The Kier molecular flexibility index (Phi) is 4.12. The third-order valence-electron chi connectivity index (χ3n) is 3.96. The Morgan fingerprint density at radius 1 is 1.12 bits per heavy atom. The number of aromatic nitrogens is 5. The molecule has 7 heteroatoms. The van der Waals surface area contributed by atoms with Gasteiger partial charge in [-0.1, -0.05) is 17.3 Å². The van der Waals surface area contributed by atoms with Gasteiger partial charge in [-0.15, -0.1) is 0 Å². The van der Waals surface area contributed by atoms with Crippen molar-refractivity contribution < 1.29 is 4.52 Å². The van der Waals surface area contributed by atoms with Crippen LogP contribution in [0.4, 0.5) is 5.82 Å². The fourth-order valence-electron chi connectivity index (χ4n) is 2.77. The van der Waals surface area contributed by atoms with Crippen LogP contribution in [0.25, 0.3) is 22.5 Å². The number of benzene rings is 1. The maximum Gasteiger partial charge on any atom is 0.261 e. The number of anilines is 1. The molecule has 0 bridgehead atoms. The fraction of sp³-hybridized carbons (Fsp3) is 0.222. The lowest BCUT2D eigenvalue weighted by Crippen LogP contribution is -2.08. The largest absolute Gasteiger partial charge is 0.369 e. The predicted octanol–water partition coefficient (Wildman–Crippen LogP) is 3.29. The third kappa shape index (κ3) is 3.21. The molecule has 0 amide bonds. The molecule has 0 radical (unpaired) electrons. The molecule has 1 aromatic carbocycles. The van der Waals surface area contributed by atoms with E-state index in [4.69, 9.17) is 4.52 Å². The van der Waals surface area contributed by atoms with Gasteiger partial charge < -0.3 is 14.4 Å². The number of pyridine rings is 1. The first kappa shape index (κ1) is 15.3. The molecule has 4 rings (SSSR count). The zero-order valence-electron chi connectivity index (χ0n) is 13.9. The first-order chi connectivity index (χ1) is 12.3. The van der Waals surface area contributed by atoms with Crippen LogP contribution in [0.5, 0.6) is 0 Å². The van der Waals surface area contributed by atoms with Crippen LogP contribution < -0.4 is 5.32 Å². The number of fused-ring (bicyclic) bond motifs is 1. The van der Waals surface area contributed by atoms with E-state index < -0.39 is 0 Å². The minimum atomic E-state index is 0.480. The number of rotatable bonds is 6. The second-order valence-electron chi connectivity index (χ2n) is 5.75. The van der Waals surface area contributed by atoms with Crippen LogP contribution in [0.15, 0.2) is 53.4 Å². The predicted molar refractivity (Wildman–Crippen MR) is 95.1 cm³/mol. The maximum absolute atomic E-state index is 5.25. The minimum absolute atomic E-state index is 0.480. The van der Waals surface area contributed by atoms with Gasteiger partial charge in [-0.2, -0.15) is 4.98 Å². The lowest BCUT2D eigenvalue weighted by atomic mass is 10.2. The van der Waals surface area contributed by atoms with Crippen molar-refractivity contribution in [2.24, 2.45) is 0 Å². The Labute approximate surface area is 144 Å². The highest BCUT2D eigenvalue weighted by Crippen LogP contribution is 2.24. The van der Waals surface area contributed by atoms with Gasteiger partial charge in [0.25, 0.3) is 5.89 Å². The second-order valence-corrected chi connectivity index (χ2v) is 5.75.